The van der Waals surface area contributed by atoms with Crippen molar-refractivity contribution in [3.63, 3.8) is 0 Å². The fourth-order valence-electron chi connectivity index (χ4n) is 9.72. The number of benzene rings is 4. The van der Waals surface area contributed by atoms with Crippen LogP contribution in [0.5, 0.6) is 0 Å². The monoisotopic (exact) mass is 710 g/mol. The van der Waals surface area contributed by atoms with Crippen LogP contribution in [0.15, 0.2) is 97.8 Å². The van der Waals surface area contributed by atoms with Gasteiger partial charge in [-0.2, -0.15) is 0 Å². The average molecular weight is 711 g/mol. The van der Waals surface area contributed by atoms with Crippen LogP contribution in [0.25, 0.3) is 21.8 Å². The summed E-state index contributed by atoms with van der Waals surface area (Å²) in [5, 5.41) is 8.18. The number of rotatable bonds is 2. The molecule has 2 fully saturated rings. The van der Waals surface area contributed by atoms with Crippen LogP contribution in [0.4, 0.5) is 22.7 Å². The minimum absolute atomic E-state index is 0.599. The predicted molar refractivity (Wildman–Crippen MR) is 222 cm³/mol. The first-order chi connectivity index (χ1) is 25.0. The van der Waals surface area contributed by atoms with Crippen LogP contribution in [0.2, 0.25) is 0 Å². The average Bonchev–Trinajstić information content (AvgIpc) is 3.20. The van der Waals surface area contributed by atoms with Crippen molar-refractivity contribution in [3.05, 3.63) is 97.8 Å². The summed E-state index contributed by atoms with van der Waals surface area (Å²) in [5.41, 5.74) is 8.45. The van der Waals surface area contributed by atoms with Gasteiger partial charge in [-0.25, -0.2) is 0 Å². The second-order valence-electron chi connectivity index (χ2n) is 15.2. The van der Waals surface area contributed by atoms with E-state index in [1.54, 1.807) is 12.7 Å². The Bertz CT molecular complexity index is 2230. The molecule has 8 heteroatoms. The van der Waals surface area contributed by atoms with Gasteiger partial charge in [-0.05, 0) is 0 Å². The summed E-state index contributed by atoms with van der Waals surface area (Å²) < 4.78 is 0. The van der Waals surface area contributed by atoms with Crippen LogP contribution < -0.4 is 31.0 Å². The fraction of sp³-hybridized carbons (Fsp3) is 0.349. The zero-order valence-electron chi connectivity index (χ0n) is 30.1. The van der Waals surface area contributed by atoms with Crippen molar-refractivity contribution in [2.75, 3.05) is 30.6 Å². The van der Waals surface area contributed by atoms with Gasteiger partial charge < -0.3 is 0 Å². The van der Waals surface area contributed by atoms with Crippen LogP contribution in [-0.2, 0) is 0 Å². The Morgan fingerprint density at radius 1 is 0.588 bits per heavy atom. The molecular formula is C43H48N6P2. The number of hydrogen-bond donors (Lipinski definition) is 0. The first-order valence-corrected chi connectivity index (χ1v) is 22.9. The normalized spacial score (nSPS) is 20.4. The third-order valence-corrected chi connectivity index (χ3v) is 20.7. The minimum atomic E-state index is -2.46. The molecule has 1 atom stereocenters. The summed E-state index contributed by atoms with van der Waals surface area (Å²) in [6, 6.07) is 28.5. The van der Waals surface area contributed by atoms with Gasteiger partial charge in [0.2, 0.25) is 0 Å². The molecule has 3 aliphatic rings. The quantitative estimate of drug-likeness (QED) is 0.168. The molecule has 9 rings (SSSR count). The Morgan fingerprint density at radius 3 is 1.90 bits per heavy atom. The van der Waals surface area contributed by atoms with Gasteiger partial charge in [0.15, 0.2) is 0 Å². The summed E-state index contributed by atoms with van der Waals surface area (Å²) in [6.07, 6.45) is 20.4. The van der Waals surface area contributed by atoms with Crippen molar-refractivity contribution >= 4 is 81.0 Å². The molecule has 51 heavy (non-hydrogen) atoms. The van der Waals surface area contributed by atoms with E-state index in [9.17, 15) is 0 Å². The molecule has 1 unspecified atom stereocenters. The molecule has 0 bridgehead atoms. The first kappa shape index (κ1) is 32.9. The second-order valence-corrected chi connectivity index (χ2v) is 21.9. The molecule has 2 aromatic heterocycles. The Balaban J connectivity index is 1.43. The fourth-order valence-corrected chi connectivity index (χ4v) is 18.3. The van der Waals surface area contributed by atoms with Crippen LogP contribution in [0, 0.1) is 0 Å². The topological polar surface area (TPSA) is 58.0 Å². The molecule has 2 aliphatic carbocycles. The molecule has 3 heterocycles. The summed E-state index contributed by atoms with van der Waals surface area (Å²) in [6.45, 7) is 2.68. The van der Waals surface area contributed by atoms with Crippen molar-refractivity contribution in [1.82, 2.24) is 19.9 Å². The van der Waals surface area contributed by atoms with Crippen molar-refractivity contribution in [2.24, 2.45) is 0 Å². The van der Waals surface area contributed by atoms with Gasteiger partial charge in [-0.1, -0.05) is 0 Å². The zero-order valence-corrected chi connectivity index (χ0v) is 32.0. The van der Waals surface area contributed by atoms with Crippen LogP contribution >= 0.6 is 15.2 Å². The van der Waals surface area contributed by atoms with Gasteiger partial charge in [0.25, 0.3) is 0 Å². The van der Waals surface area contributed by atoms with Gasteiger partial charge in [-0.15, -0.1) is 0 Å². The van der Waals surface area contributed by atoms with E-state index in [0.29, 0.717) is 11.3 Å². The Hall–Kier alpha value is -3.98. The van der Waals surface area contributed by atoms with Crippen molar-refractivity contribution < 1.29 is 0 Å². The molecule has 0 amide bonds. The van der Waals surface area contributed by atoms with E-state index in [1.165, 1.54) is 108 Å². The first-order valence-electron chi connectivity index (χ1n) is 19.0. The summed E-state index contributed by atoms with van der Waals surface area (Å²) in [7, 11) is 1.45. The molecule has 6 aromatic rings. The molecule has 0 radical (unpaired) electrons. The van der Waals surface area contributed by atoms with Crippen LogP contribution in [-0.4, -0.2) is 52.0 Å². The number of hydrogen-bond acceptors (Lipinski definition) is 6. The van der Waals surface area contributed by atoms with Gasteiger partial charge in [0, 0.05) is 0 Å². The molecule has 260 valence electrons. The number of aromatic nitrogens is 4. The molecule has 1 aliphatic heterocycles. The number of anilines is 4. The van der Waals surface area contributed by atoms with E-state index in [0.717, 1.165) is 21.8 Å². The second kappa shape index (κ2) is 13.5. The maximum absolute atomic E-state index is 4.85. The van der Waals surface area contributed by atoms with Gasteiger partial charge >= 0.3 is 305 Å². The van der Waals surface area contributed by atoms with Crippen LogP contribution in [0.3, 0.4) is 0 Å². The van der Waals surface area contributed by atoms with E-state index in [1.807, 2.05) is 12.4 Å². The Labute approximate surface area is 303 Å². The van der Waals surface area contributed by atoms with Crippen LogP contribution in [0.1, 0.15) is 64.2 Å². The number of fused-ring (bicyclic) bond motifs is 6. The van der Waals surface area contributed by atoms with E-state index in [2.05, 4.69) is 113 Å². The van der Waals surface area contributed by atoms with Gasteiger partial charge in [-0.3, -0.25) is 0 Å². The van der Waals surface area contributed by atoms with Gasteiger partial charge in [0.1, 0.15) is 0 Å². The number of para-hydroxylation sites is 2. The molecule has 0 N–H and O–H groups in total. The summed E-state index contributed by atoms with van der Waals surface area (Å²) in [4.78, 5) is 23.8. The van der Waals surface area contributed by atoms with Crippen molar-refractivity contribution in [1.29, 1.82) is 0 Å². The molecule has 2 saturated carbocycles. The third kappa shape index (κ3) is 5.62. The maximum atomic E-state index is 4.85. The van der Waals surface area contributed by atoms with E-state index < -0.39 is 15.2 Å². The predicted octanol–water partition coefficient (Wildman–Crippen LogP) is 8.85. The molecular weight excluding hydrogens is 662 g/mol. The van der Waals surface area contributed by atoms with Crippen molar-refractivity contribution in [3.8, 4) is 0 Å². The molecule has 6 nitrogen and oxygen atoms in total. The molecule has 0 spiro atoms. The SMILES string of the molecule is CN1c2ccccc2P(C2CCCCC2)c2cc3cncnc3cc2N(C)c2cc3ncncc3cc2[PH](C)(C2CCCCC2)c2ccccc21. The molecule has 4 aromatic carbocycles. The summed E-state index contributed by atoms with van der Waals surface area (Å²) >= 11 is 0. The summed E-state index contributed by atoms with van der Waals surface area (Å²) in [5.74, 6) is 0. The van der Waals surface area contributed by atoms with E-state index >= 15 is 0 Å². The van der Waals surface area contributed by atoms with E-state index in [-0.39, 0.29) is 0 Å². The third-order valence-electron chi connectivity index (χ3n) is 12.5. The van der Waals surface area contributed by atoms with Gasteiger partial charge in [0.05, 0.1) is 0 Å². The Morgan fingerprint density at radius 2 is 1.18 bits per heavy atom. The zero-order chi connectivity index (χ0) is 34.5. The van der Waals surface area contributed by atoms with E-state index in [4.69, 9.17) is 9.97 Å². The Kier molecular flexibility index (Phi) is 8.73. The molecule has 0 saturated heterocycles. The van der Waals surface area contributed by atoms with Crippen molar-refractivity contribution in [2.45, 2.75) is 75.5 Å². The number of nitrogens with zero attached hydrogens (tertiary/aromatic N) is 6. The standard InChI is InChI=1S/C43H48N6P2/c1-48-36-18-10-12-20-40(36)50(32-14-6-4-7-15-32)41-22-30-26-44-28-46-34(30)24-38(41)49(2)39-25-35-31(27-45-29-47-35)23-43(39)51(3,33-16-8-5-9-17-33)42-21-13-11-19-37(42)48/h10-13,18-29,32-33,51H,4-9,14-17H2,1-3H3.